The van der Waals surface area contributed by atoms with Crippen molar-refractivity contribution in [3.63, 3.8) is 0 Å². The summed E-state index contributed by atoms with van der Waals surface area (Å²) in [6.07, 6.45) is 6.29. The second-order valence-electron chi connectivity index (χ2n) is 3.07. The average molecular weight is 157 g/mol. The molecular formula is C8H8BN3. The molecule has 0 amide bonds. The van der Waals surface area contributed by atoms with Crippen LogP contribution in [0.5, 0.6) is 0 Å². The number of nitrogens with zero attached hydrogens (tertiary/aromatic N) is 3. The van der Waals surface area contributed by atoms with E-state index in [2.05, 4.69) is 32.6 Å². The molecule has 1 aromatic heterocycles. The van der Waals surface area contributed by atoms with Gasteiger partial charge in [-0.1, -0.05) is 6.08 Å². The van der Waals surface area contributed by atoms with E-state index in [9.17, 15) is 0 Å². The van der Waals surface area contributed by atoms with Crippen molar-refractivity contribution in [2.75, 3.05) is 6.54 Å². The van der Waals surface area contributed by atoms with Crippen LogP contribution in [-0.4, -0.2) is 29.2 Å². The molecule has 2 aliphatic rings. The smallest absolute Gasteiger partial charge is 0.363 e. The molecule has 0 spiro atoms. The number of fused-ring (bicyclic) bond motifs is 2. The molecule has 1 aromatic rings. The molecule has 0 aromatic carbocycles. The first-order chi connectivity index (χ1) is 5.93. The van der Waals surface area contributed by atoms with Crippen LogP contribution >= 0.6 is 0 Å². The molecule has 0 N–H and O–H groups in total. The largest absolute Gasteiger partial charge is 0.380 e. The Morgan fingerprint density at radius 2 is 2.50 bits per heavy atom. The van der Waals surface area contributed by atoms with Crippen molar-refractivity contribution in [2.45, 2.75) is 0 Å². The normalized spacial score (nSPS) is 18.3. The lowest BCUT2D eigenvalue weighted by Crippen LogP contribution is -2.36. The van der Waals surface area contributed by atoms with Gasteiger partial charge in [0.15, 0.2) is 0 Å². The molecule has 3 nitrogen and oxygen atoms in total. The fraction of sp³-hybridized carbons (Fsp3) is 0.125. The first kappa shape index (κ1) is 6.11. The molecular weight excluding hydrogens is 149 g/mol. The maximum absolute atomic E-state index is 4.49. The van der Waals surface area contributed by atoms with Crippen LogP contribution in [0.1, 0.15) is 0 Å². The summed E-state index contributed by atoms with van der Waals surface area (Å²) in [5, 5.41) is 0. The lowest BCUT2D eigenvalue weighted by molar-refractivity contribution is 0.715. The second kappa shape index (κ2) is 2.03. The quantitative estimate of drug-likeness (QED) is 0.502. The van der Waals surface area contributed by atoms with Crippen LogP contribution < -0.4 is 0 Å². The van der Waals surface area contributed by atoms with E-state index in [0.29, 0.717) is 0 Å². The van der Waals surface area contributed by atoms with Crippen LogP contribution in [0.3, 0.4) is 0 Å². The van der Waals surface area contributed by atoms with Crippen molar-refractivity contribution in [1.29, 1.82) is 0 Å². The Kier molecular flexibility index (Phi) is 1.03. The number of rotatable bonds is 0. The van der Waals surface area contributed by atoms with Gasteiger partial charge < -0.3 is 9.29 Å². The van der Waals surface area contributed by atoms with E-state index in [0.717, 1.165) is 25.7 Å². The Balaban J connectivity index is 2.14. The third-order valence-corrected chi connectivity index (χ3v) is 2.27. The highest BCUT2D eigenvalue weighted by molar-refractivity contribution is 6.39. The number of amidine groups is 1. The fourth-order valence-electron chi connectivity index (χ4n) is 1.65. The summed E-state index contributed by atoms with van der Waals surface area (Å²) in [7, 11) is 0.939. The molecule has 0 bridgehead atoms. The summed E-state index contributed by atoms with van der Waals surface area (Å²) < 4.78 is 2.15. The maximum Gasteiger partial charge on any atom is 0.363 e. The average Bonchev–Trinajstić information content (AvgIpc) is 2.64. The van der Waals surface area contributed by atoms with Gasteiger partial charge in [-0.15, -0.1) is 0 Å². The molecule has 2 aliphatic heterocycles. The predicted octanol–water partition coefficient (Wildman–Crippen LogP) is 0.518. The van der Waals surface area contributed by atoms with E-state index in [4.69, 9.17) is 0 Å². The maximum atomic E-state index is 4.49. The SMILES string of the molecule is B1N2CC=CC2=Nc2cccn21. The third-order valence-electron chi connectivity index (χ3n) is 2.27. The van der Waals surface area contributed by atoms with E-state index in [-0.39, 0.29) is 0 Å². The summed E-state index contributed by atoms with van der Waals surface area (Å²) >= 11 is 0. The lowest BCUT2D eigenvalue weighted by atomic mass is 10.1. The van der Waals surface area contributed by atoms with Gasteiger partial charge in [0.25, 0.3) is 0 Å². The zero-order chi connectivity index (χ0) is 7.97. The summed E-state index contributed by atoms with van der Waals surface area (Å²) in [6, 6.07) is 4.07. The van der Waals surface area contributed by atoms with Gasteiger partial charge in [0.05, 0.1) is 0 Å². The summed E-state index contributed by atoms with van der Waals surface area (Å²) in [4.78, 5) is 6.73. The number of aliphatic imine (C=N–C) groups is 1. The molecule has 0 unspecified atom stereocenters. The number of aromatic nitrogens is 1. The number of hydrogen-bond donors (Lipinski definition) is 0. The van der Waals surface area contributed by atoms with Crippen molar-refractivity contribution in [3.8, 4) is 0 Å². The Labute approximate surface area is 71.3 Å². The Morgan fingerprint density at radius 3 is 3.50 bits per heavy atom. The Bertz CT molecular complexity index is 377. The summed E-state index contributed by atoms with van der Waals surface area (Å²) in [5.41, 5.74) is 0. The van der Waals surface area contributed by atoms with Gasteiger partial charge in [-0.2, -0.15) is 0 Å². The minimum atomic E-state index is 0.939. The molecule has 0 saturated carbocycles. The molecule has 3 heterocycles. The molecule has 0 radical (unpaired) electrons. The molecule has 0 saturated heterocycles. The van der Waals surface area contributed by atoms with Crippen LogP contribution in [0, 0.1) is 0 Å². The Hall–Kier alpha value is -1.45. The van der Waals surface area contributed by atoms with Gasteiger partial charge >= 0.3 is 7.55 Å². The zero-order valence-corrected chi connectivity index (χ0v) is 6.64. The van der Waals surface area contributed by atoms with E-state index in [1.54, 1.807) is 0 Å². The highest BCUT2D eigenvalue weighted by Gasteiger charge is 2.20. The summed E-state index contributed by atoms with van der Waals surface area (Å²) in [5.74, 6) is 2.16. The fourth-order valence-corrected chi connectivity index (χ4v) is 1.65. The summed E-state index contributed by atoms with van der Waals surface area (Å²) in [6.45, 7) is 0.996. The molecule has 58 valence electrons. The van der Waals surface area contributed by atoms with Crippen LogP contribution in [-0.2, 0) is 0 Å². The Morgan fingerprint density at radius 1 is 1.50 bits per heavy atom. The minimum absolute atomic E-state index is 0.939. The molecule has 0 fully saturated rings. The lowest BCUT2D eigenvalue weighted by Gasteiger charge is -2.23. The third kappa shape index (κ3) is 0.692. The molecule has 3 rings (SSSR count). The molecule has 12 heavy (non-hydrogen) atoms. The van der Waals surface area contributed by atoms with Crippen molar-refractivity contribution >= 4 is 19.2 Å². The zero-order valence-electron chi connectivity index (χ0n) is 6.64. The van der Waals surface area contributed by atoms with Crippen LogP contribution in [0.2, 0.25) is 0 Å². The van der Waals surface area contributed by atoms with Gasteiger partial charge in [0, 0.05) is 6.54 Å². The minimum Gasteiger partial charge on any atom is -0.380 e. The van der Waals surface area contributed by atoms with Crippen molar-refractivity contribution < 1.29 is 0 Å². The molecule has 0 atom stereocenters. The van der Waals surface area contributed by atoms with Gasteiger partial charge in [0.1, 0.15) is 11.7 Å². The highest BCUT2D eigenvalue weighted by atomic mass is 15.2. The van der Waals surface area contributed by atoms with Crippen molar-refractivity contribution in [3.05, 3.63) is 30.5 Å². The molecule has 0 aliphatic carbocycles. The first-order valence-electron chi connectivity index (χ1n) is 4.09. The predicted molar refractivity (Wildman–Crippen MR) is 49.9 cm³/mol. The van der Waals surface area contributed by atoms with E-state index < -0.39 is 0 Å². The topological polar surface area (TPSA) is 20.5 Å². The van der Waals surface area contributed by atoms with Crippen LogP contribution in [0.4, 0.5) is 5.82 Å². The van der Waals surface area contributed by atoms with E-state index in [1.807, 2.05) is 12.1 Å². The van der Waals surface area contributed by atoms with Gasteiger partial charge in [-0.25, -0.2) is 4.99 Å². The molecule has 4 heteroatoms. The van der Waals surface area contributed by atoms with Crippen LogP contribution in [0.25, 0.3) is 0 Å². The second-order valence-corrected chi connectivity index (χ2v) is 3.07. The van der Waals surface area contributed by atoms with Gasteiger partial charge in [0.2, 0.25) is 0 Å². The first-order valence-corrected chi connectivity index (χ1v) is 4.09. The monoisotopic (exact) mass is 157 g/mol. The van der Waals surface area contributed by atoms with Gasteiger partial charge in [-0.05, 0) is 24.4 Å². The van der Waals surface area contributed by atoms with Gasteiger partial charge in [-0.3, -0.25) is 0 Å². The number of hydrogen-bond acceptors (Lipinski definition) is 2. The van der Waals surface area contributed by atoms with E-state index >= 15 is 0 Å². The highest BCUT2D eigenvalue weighted by Crippen LogP contribution is 2.19. The van der Waals surface area contributed by atoms with Crippen LogP contribution in [0.15, 0.2) is 35.5 Å². The van der Waals surface area contributed by atoms with Crippen molar-refractivity contribution in [2.24, 2.45) is 4.99 Å². The van der Waals surface area contributed by atoms with E-state index in [1.165, 1.54) is 0 Å². The van der Waals surface area contributed by atoms with Crippen molar-refractivity contribution in [1.82, 2.24) is 9.29 Å². The standard InChI is InChI=1S/C8H8BN3/c1-3-7-10-8-4-2-6-12(8)9-11(7)5-1/h1-5,9H,6H2.